The van der Waals surface area contributed by atoms with Crippen LogP contribution in [0.5, 0.6) is 0 Å². The maximum atomic E-state index is 11.5. The summed E-state index contributed by atoms with van der Waals surface area (Å²) in [7, 11) is -3.39. The van der Waals surface area contributed by atoms with E-state index < -0.39 is 15.5 Å². The van der Waals surface area contributed by atoms with Crippen LogP contribution in [0.1, 0.15) is 20.8 Å². The molecular formula is C10H19NO5S. The molecule has 6 nitrogen and oxygen atoms in total. The molecule has 0 saturated carbocycles. The SMILES string of the molecule is CC(C)(C)C(=O)ON1CC(COS(C)(=O)=O)C1. The summed E-state index contributed by atoms with van der Waals surface area (Å²) in [6.07, 6.45) is 1.02. The molecule has 7 heteroatoms. The lowest BCUT2D eigenvalue weighted by molar-refractivity contribution is -0.230. The largest absolute Gasteiger partial charge is 0.367 e. The molecule has 100 valence electrons. The van der Waals surface area contributed by atoms with Crippen LogP contribution in [0.25, 0.3) is 0 Å². The summed E-state index contributed by atoms with van der Waals surface area (Å²) in [6.45, 7) is 6.50. The Labute approximate surface area is 102 Å². The van der Waals surface area contributed by atoms with Crippen LogP contribution in [0.3, 0.4) is 0 Å². The van der Waals surface area contributed by atoms with E-state index in [9.17, 15) is 13.2 Å². The highest BCUT2D eigenvalue weighted by Gasteiger charge is 2.34. The fraction of sp³-hybridized carbons (Fsp3) is 0.900. The van der Waals surface area contributed by atoms with Gasteiger partial charge in [0.05, 0.1) is 18.3 Å². The molecule has 1 aliphatic rings. The van der Waals surface area contributed by atoms with Gasteiger partial charge in [0.2, 0.25) is 0 Å². The van der Waals surface area contributed by atoms with E-state index in [0.717, 1.165) is 6.26 Å². The predicted octanol–water partition coefficient (Wildman–Crippen LogP) is 0.399. The number of carbonyl (C=O) groups is 1. The first-order valence-corrected chi connectivity index (χ1v) is 7.21. The van der Waals surface area contributed by atoms with Gasteiger partial charge in [0.1, 0.15) is 0 Å². The molecule has 1 fully saturated rings. The highest BCUT2D eigenvalue weighted by molar-refractivity contribution is 7.85. The van der Waals surface area contributed by atoms with Crippen LogP contribution < -0.4 is 0 Å². The number of carbonyl (C=O) groups excluding carboxylic acids is 1. The molecule has 0 N–H and O–H groups in total. The Morgan fingerprint density at radius 3 is 2.29 bits per heavy atom. The van der Waals surface area contributed by atoms with E-state index in [1.54, 1.807) is 20.8 Å². The Bertz CT molecular complexity index is 378. The minimum atomic E-state index is -3.39. The lowest BCUT2D eigenvalue weighted by Crippen LogP contribution is -2.50. The van der Waals surface area contributed by atoms with Crippen LogP contribution in [0, 0.1) is 11.3 Å². The van der Waals surface area contributed by atoms with Crippen molar-refractivity contribution >= 4 is 16.1 Å². The normalized spacial score (nSPS) is 18.8. The van der Waals surface area contributed by atoms with Gasteiger partial charge in [0.25, 0.3) is 10.1 Å². The van der Waals surface area contributed by atoms with Gasteiger partial charge >= 0.3 is 5.97 Å². The van der Waals surface area contributed by atoms with Crippen LogP contribution in [0.2, 0.25) is 0 Å². The molecule has 1 rings (SSSR count). The molecule has 17 heavy (non-hydrogen) atoms. The lowest BCUT2D eigenvalue weighted by atomic mass is 9.97. The van der Waals surface area contributed by atoms with Crippen molar-refractivity contribution < 1.29 is 22.2 Å². The molecule has 0 radical (unpaired) electrons. The minimum Gasteiger partial charge on any atom is -0.367 e. The zero-order chi connectivity index (χ0) is 13.3. The summed E-state index contributed by atoms with van der Waals surface area (Å²) in [5, 5.41) is 1.52. The smallest absolute Gasteiger partial charge is 0.330 e. The maximum Gasteiger partial charge on any atom is 0.330 e. The van der Waals surface area contributed by atoms with E-state index in [4.69, 9.17) is 4.84 Å². The standard InChI is InChI=1S/C10H19NO5S/c1-10(2,3)9(12)16-11-5-8(6-11)7-15-17(4,13)14/h8H,5-7H2,1-4H3. The second-order valence-corrected chi connectivity index (χ2v) is 6.97. The molecular weight excluding hydrogens is 246 g/mol. The van der Waals surface area contributed by atoms with Gasteiger partial charge in [-0.1, -0.05) is 0 Å². The molecule has 0 unspecified atom stereocenters. The maximum absolute atomic E-state index is 11.5. The van der Waals surface area contributed by atoms with E-state index in [2.05, 4.69) is 4.18 Å². The Balaban J connectivity index is 2.22. The summed E-state index contributed by atoms with van der Waals surface area (Å²) in [5.41, 5.74) is -0.533. The second kappa shape index (κ2) is 4.91. The van der Waals surface area contributed by atoms with Crippen molar-refractivity contribution in [1.29, 1.82) is 0 Å². The van der Waals surface area contributed by atoms with E-state index in [1.807, 2.05) is 0 Å². The fourth-order valence-electron chi connectivity index (χ4n) is 1.18. The molecule has 0 amide bonds. The van der Waals surface area contributed by atoms with Crippen molar-refractivity contribution in [2.45, 2.75) is 20.8 Å². The molecule has 1 aliphatic heterocycles. The molecule has 0 spiro atoms. The zero-order valence-corrected chi connectivity index (χ0v) is 11.4. The van der Waals surface area contributed by atoms with E-state index in [1.165, 1.54) is 5.06 Å². The molecule has 1 saturated heterocycles. The van der Waals surface area contributed by atoms with E-state index >= 15 is 0 Å². The highest BCUT2D eigenvalue weighted by atomic mass is 32.2. The number of hydrogen-bond donors (Lipinski definition) is 0. The van der Waals surface area contributed by atoms with Gasteiger partial charge in [0.15, 0.2) is 0 Å². The number of nitrogens with zero attached hydrogens (tertiary/aromatic N) is 1. The van der Waals surface area contributed by atoms with Crippen LogP contribution in [-0.4, -0.2) is 45.4 Å². The van der Waals surface area contributed by atoms with Gasteiger partial charge in [-0.05, 0) is 20.8 Å². The minimum absolute atomic E-state index is 0.0949. The van der Waals surface area contributed by atoms with Crippen molar-refractivity contribution in [3.8, 4) is 0 Å². The fourth-order valence-corrected chi connectivity index (χ4v) is 1.62. The van der Waals surface area contributed by atoms with Gasteiger partial charge in [-0.2, -0.15) is 8.42 Å². The van der Waals surface area contributed by atoms with Crippen LogP contribution >= 0.6 is 0 Å². The number of rotatable bonds is 4. The summed E-state index contributed by atoms with van der Waals surface area (Å²) in [6, 6.07) is 0. The Kier molecular flexibility index (Phi) is 4.16. The van der Waals surface area contributed by atoms with Crippen LogP contribution in [0.15, 0.2) is 0 Å². The first kappa shape index (κ1) is 14.4. The third kappa shape index (κ3) is 5.01. The lowest BCUT2D eigenvalue weighted by Gasteiger charge is -2.37. The van der Waals surface area contributed by atoms with Crippen molar-refractivity contribution in [3.05, 3.63) is 0 Å². The van der Waals surface area contributed by atoms with Gasteiger partial charge in [-0.25, -0.2) is 4.79 Å². The average molecular weight is 265 g/mol. The first-order valence-electron chi connectivity index (χ1n) is 5.39. The number of hydroxylamine groups is 2. The van der Waals surface area contributed by atoms with Gasteiger partial charge in [-0.15, -0.1) is 5.06 Å². The summed E-state index contributed by atoms with van der Waals surface area (Å²) in [5.74, 6) is -0.197. The zero-order valence-electron chi connectivity index (χ0n) is 10.6. The average Bonchev–Trinajstić information content (AvgIpc) is 2.04. The molecule has 0 aromatic carbocycles. The third-order valence-corrected chi connectivity index (χ3v) is 2.83. The summed E-state index contributed by atoms with van der Waals surface area (Å²) >= 11 is 0. The van der Waals surface area contributed by atoms with Gasteiger partial charge in [-0.3, -0.25) is 4.18 Å². The molecule has 0 aromatic heterocycles. The Hall–Kier alpha value is -0.660. The highest BCUT2D eigenvalue weighted by Crippen LogP contribution is 2.21. The topological polar surface area (TPSA) is 72.9 Å². The molecule has 1 heterocycles. The van der Waals surface area contributed by atoms with Crippen molar-refractivity contribution in [1.82, 2.24) is 5.06 Å². The molecule has 0 aliphatic carbocycles. The Morgan fingerprint density at radius 1 is 1.35 bits per heavy atom. The molecule has 0 bridgehead atoms. The summed E-state index contributed by atoms with van der Waals surface area (Å²) in [4.78, 5) is 16.6. The quantitative estimate of drug-likeness (QED) is 0.685. The van der Waals surface area contributed by atoms with Crippen molar-refractivity contribution in [2.24, 2.45) is 11.3 Å². The van der Waals surface area contributed by atoms with Gasteiger partial charge < -0.3 is 4.84 Å². The monoisotopic (exact) mass is 265 g/mol. The molecule has 0 atom stereocenters. The third-order valence-electron chi connectivity index (χ3n) is 2.27. The van der Waals surface area contributed by atoms with Gasteiger partial charge in [0, 0.05) is 19.0 Å². The Morgan fingerprint density at radius 2 is 1.88 bits per heavy atom. The predicted molar refractivity (Wildman–Crippen MR) is 61.4 cm³/mol. The number of hydrogen-bond acceptors (Lipinski definition) is 6. The van der Waals surface area contributed by atoms with Crippen molar-refractivity contribution in [2.75, 3.05) is 26.0 Å². The van der Waals surface area contributed by atoms with E-state index in [-0.39, 0.29) is 18.5 Å². The second-order valence-electron chi connectivity index (χ2n) is 5.33. The molecule has 0 aromatic rings. The first-order chi connectivity index (χ1) is 7.58. The van der Waals surface area contributed by atoms with Crippen LogP contribution in [-0.2, 0) is 23.9 Å². The van der Waals surface area contributed by atoms with Crippen molar-refractivity contribution in [3.63, 3.8) is 0 Å². The van der Waals surface area contributed by atoms with E-state index in [0.29, 0.717) is 13.1 Å². The summed E-state index contributed by atoms with van der Waals surface area (Å²) < 4.78 is 26.1. The van der Waals surface area contributed by atoms with Crippen LogP contribution in [0.4, 0.5) is 0 Å².